The maximum Gasteiger partial charge on any atom is 0.310 e. The number of carbonyl (C=O) groups is 3. The third-order valence-corrected chi connectivity index (χ3v) is 8.41. The summed E-state index contributed by atoms with van der Waals surface area (Å²) in [4.78, 5) is 45.0. The smallest absolute Gasteiger partial charge is 0.310 e. The fourth-order valence-electron chi connectivity index (χ4n) is 6.03. The number of morpholine rings is 1. The van der Waals surface area contributed by atoms with E-state index in [1.807, 2.05) is 0 Å². The van der Waals surface area contributed by atoms with E-state index in [-0.39, 0.29) is 29.8 Å². The van der Waals surface area contributed by atoms with E-state index in [1.54, 1.807) is 11.0 Å². The molecule has 4 saturated heterocycles. The number of nitrogens with zero attached hydrogens (tertiary/aromatic N) is 3. The number of amides is 2. The first-order chi connectivity index (χ1) is 16.4. The highest BCUT2D eigenvalue weighted by molar-refractivity contribution is 9.09. The van der Waals surface area contributed by atoms with Gasteiger partial charge in [-0.3, -0.25) is 19.3 Å². The average Bonchev–Trinajstić information content (AvgIpc) is 3.41. The van der Waals surface area contributed by atoms with Gasteiger partial charge in [-0.25, -0.2) is 0 Å². The van der Waals surface area contributed by atoms with Crippen LogP contribution in [0.25, 0.3) is 0 Å². The lowest BCUT2D eigenvalue weighted by Crippen LogP contribution is -2.57. The van der Waals surface area contributed by atoms with Gasteiger partial charge in [0.1, 0.15) is 11.6 Å². The van der Waals surface area contributed by atoms with Crippen molar-refractivity contribution >= 4 is 33.7 Å². The topological polar surface area (TPSA) is 120 Å². The number of hydrogen-bond donors (Lipinski definition) is 2. The molecule has 0 saturated carbocycles. The Morgan fingerprint density at radius 3 is 2.65 bits per heavy atom. The molecule has 4 aliphatic rings. The molecule has 4 fully saturated rings. The first kappa shape index (κ1) is 25.6. The molecule has 1 spiro atoms. The SMILES string of the molecule is C=CCN(CCN1CCOCC1)C(=O)C1N(CCCCO)C(=O)[C@@H]2[C@H](C(=O)O)[C@H]3OC12CC3Br. The van der Waals surface area contributed by atoms with Crippen LogP contribution in [0.15, 0.2) is 12.7 Å². The van der Waals surface area contributed by atoms with E-state index in [4.69, 9.17) is 9.47 Å². The van der Waals surface area contributed by atoms with E-state index in [9.17, 15) is 24.6 Å². The van der Waals surface area contributed by atoms with E-state index >= 15 is 0 Å². The number of ether oxygens (including phenoxy) is 2. The second kappa shape index (κ2) is 10.6. The molecule has 2 N–H and O–H groups in total. The number of carboxylic acid groups (broad SMARTS) is 1. The van der Waals surface area contributed by atoms with Gasteiger partial charge >= 0.3 is 5.97 Å². The van der Waals surface area contributed by atoms with Gasteiger partial charge in [0, 0.05) is 50.7 Å². The lowest BCUT2D eigenvalue weighted by molar-refractivity contribution is -0.150. The van der Waals surface area contributed by atoms with Crippen molar-refractivity contribution in [3.05, 3.63) is 12.7 Å². The quantitative estimate of drug-likeness (QED) is 0.211. The van der Waals surface area contributed by atoms with Gasteiger partial charge < -0.3 is 29.5 Å². The summed E-state index contributed by atoms with van der Waals surface area (Å²) in [6.07, 6.45) is 2.42. The first-order valence-corrected chi connectivity index (χ1v) is 12.9. The third kappa shape index (κ3) is 4.41. The molecular weight excluding hydrogens is 510 g/mol. The number of alkyl halides is 1. The van der Waals surface area contributed by atoms with Gasteiger partial charge in [-0.15, -0.1) is 6.58 Å². The number of aliphatic hydroxyl groups excluding tert-OH is 1. The van der Waals surface area contributed by atoms with Crippen LogP contribution in [0.1, 0.15) is 19.3 Å². The van der Waals surface area contributed by atoms with Crippen LogP contribution in [0.2, 0.25) is 0 Å². The molecule has 4 heterocycles. The Kier molecular flexibility index (Phi) is 7.98. The summed E-state index contributed by atoms with van der Waals surface area (Å²) in [6.45, 7) is 8.44. The number of aliphatic carboxylic acids is 1. The van der Waals surface area contributed by atoms with Crippen LogP contribution in [-0.4, -0.2) is 124 Å². The standard InChI is InChI=1S/C23H34BrN3O7/c1-2-5-26(8-7-25-9-12-33-13-10-25)21(30)19-23-14-15(24)18(34-23)16(22(31)32)17(23)20(29)27(19)6-3-4-11-28/h2,15-19,28H,1,3-14H2,(H,31,32)/t15?,16-,17-,18-,19?,23?/m0/s1. The Bertz CT molecular complexity index is 807. The molecule has 4 aliphatic heterocycles. The number of likely N-dealkylation sites (tertiary alicyclic amines) is 1. The van der Waals surface area contributed by atoms with Gasteiger partial charge in [0.2, 0.25) is 11.8 Å². The maximum absolute atomic E-state index is 14.1. The Balaban J connectivity index is 1.62. The molecule has 11 heteroatoms. The van der Waals surface area contributed by atoms with E-state index in [1.165, 1.54) is 4.90 Å². The van der Waals surface area contributed by atoms with Gasteiger partial charge in [0.15, 0.2) is 0 Å². The molecule has 0 radical (unpaired) electrons. The molecule has 4 rings (SSSR count). The average molecular weight is 544 g/mol. The predicted molar refractivity (Wildman–Crippen MR) is 125 cm³/mol. The van der Waals surface area contributed by atoms with Crippen molar-refractivity contribution in [2.75, 3.05) is 59.1 Å². The maximum atomic E-state index is 14.1. The molecule has 190 valence electrons. The predicted octanol–water partition coefficient (Wildman–Crippen LogP) is -0.0617. The van der Waals surface area contributed by atoms with Crippen molar-refractivity contribution in [2.24, 2.45) is 11.8 Å². The van der Waals surface area contributed by atoms with Crippen molar-refractivity contribution < 1.29 is 34.1 Å². The third-order valence-electron chi connectivity index (χ3n) is 7.57. The van der Waals surface area contributed by atoms with Gasteiger partial charge in [-0.2, -0.15) is 0 Å². The van der Waals surface area contributed by atoms with E-state index in [2.05, 4.69) is 27.4 Å². The highest BCUT2D eigenvalue weighted by Gasteiger charge is 2.76. The van der Waals surface area contributed by atoms with Crippen molar-refractivity contribution in [3.8, 4) is 0 Å². The number of carbonyl (C=O) groups excluding carboxylic acids is 2. The van der Waals surface area contributed by atoms with E-state index in [0.717, 1.165) is 13.1 Å². The van der Waals surface area contributed by atoms with Crippen LogP contribution in [0, 0.1) is 11.8 Å². The molecule has 0 aromatic carbocycles. The summed E-state index contributed by atoms with van der Waals surface area (Å²) < 4.78 is 11.7. The highest BCUT2D eigenvalue weighted by Crippen LogP contribution is 2.60. The fraction of sp³-hybridized carbons (Fsp3) is 0.783. The van der Waals surface area contributed by atoms with Crippen molar-refractivity contribution in [2.45, 2.75) is 41.8 Å². The normalized spacial score (nSPS) is 34.9. The number of hydrogen-bond acceptors (Lipinski definition) is 7. The number of fused-ring (bicyclic) bond motifs is 1. The summed E-state index contributed by atoms with van der Waals surface area (Å²) in [5, 5.41) is 19.2. The Morgan fingerprint density at radius 2 is 2.00 bits per heavy atom. The van der Waals surface area contributed by atoms with Gasteiger partial charge in [0.25, 0.3) is 0 Å². The highest BCUT2D eigenvalue weighted by atomic mass is 79.9. The number of carboxylic acids is 1. The minimum absolute atomic E-state index is 0.0167. The van der Waals surface area contributed by atoms with Gasteiger partial charge in [-0.05, 0) is 19.3 Å². The minimum Gasteiger partial charge on any atom is -0.481 e. The first-order valence-electron chi connectivity index (χ1n) is 12.0. The second-order valence-corrected chi connectivity index (χ2v) is 10.7. The molecule has 2 bridgehead atoms. The zero-order chi connectivity index (χ0) is 24.5. The minimum atomic E-state index is -1.17. The molecule has 0 aromatic rings. The summed E-state index contributed by atoms with van der Waals surface area (Å²) in [6, 6.07) is -0.900. The van der Waals surface area contributed by atoms with Crippen LogP contribution in [0.5, 0.6) is 0 Å². The van der Waals surface area contributed by atoms with Gasteiger partial charge in [0.05, 0.1) is 31.2 Å². The second-order valence-electron chi connectivity index (χ2n) is 9.49. The van der Waals surface area contributed by atoms with Crippen molar-refractivity contribution in [1.82, 2.24) is 14.7 Å². The lowest BCUT2D eigenvalue weighted by atomic mass is 9.70. The van der Waals surface area contributed by atoms with Gasteiger partial charge in [-0.1, -0.05) is 22.0 Å². The molecule has 34 heavy (non-hydrogen) atoms. The monoisotopic (exact) mass is 543 g/mol. The molecule has 10 nitrogen and oxygen atoms in total. The van der Waals surface area contributed by atoms with Crippen molar-refractivity contribution in [3.63, 3.8) is 0 Å². The molecular formula is C23H34BrN3O7. The van der Waals surface area contributed by atoms with Crippen LogP contribution >= 0.6 is 15.9 Å². The molecule has 6 atom stereocenters. The van der Waals surface area contributed by atoms with Crippen LogP contribution in [0.4, 0.5) is 0 Å². The number of unbranched alkanes of at least 4 members (excludes halogenated alkanes) is 1. The van der Waals surface area contributed by atoms with E-state index < -0.39 is 35.6 Å². The van der Waals surface area contributed by atoms with E-state index in [0.29, 0.717) is 52.1 Å². The Hall–Kier alpha value is -1.53. The largest absolute Gasteiger partial charge is 0.481 e. The summed E-state index contributed by atoms with van der Waals surface area (Å²) in [7, 11) is 0. The zero-order valence-corrected chi connectivity index (χ0v) is 20.9. The number of halogens is 1. The molecule has 3 unspecified atom stereocenters. The van der Waals surface area contributed by atoms with Crippen molar-refractivity contribution in [1.29, 1.82) is 0 Å². The summed E-state index contributed by atoms with van der Waals surface area (Å²) in [5.41, 5.74) is -1.17. The van der Waals surface area contributed by atoms with Crippen LogP contribution in [-0.2, 0) is 23.9 Å². The van der Waals surface area contributed by atoms with Crippen LogP contribution in [0.3, 0.4) is 0 Å². The lowest BCUT2D eigenvalue weighted by Gasteiger charge is -2.37. The molecule has 0 aliphatic carbocycles. The number of aliphatic hydroxyl groups is 1. The fourth-order valence-corrected chi connectivity index (χ4v) is 6.98. The number of rotatable bonds is 11. The van der Waals surface area contributed by atoms with Crippen LogP contribution < -0.4 is 0 Å². The summed E-state index contributed by atoms with van der Waals surface area (Å²) >= 11 is 3.56. The Morgan fingerprint density at radius 1 is 1.26 bits per heavy atom. The molecule has 0 aromatic heterocycles. The molecule has 2 amide bonds. The zero-order valence-electron chi connectivity index (χ0n) is 19.3. The Labute approximate surface area is 208 Å². The summed E-state index contributed by atoms with van der Waals surface area (Å²) in [5.74, 6) is -3.54.